The fraction of sp³-hybridized carbons (Fsp3) is 0.400. The molecule has 0 unspecified atom stereocenters. The zero-order valence-electron chi connectivity index (χ0n) is 11.7. The molecule has 2 aromatic rings. The Labute approximate surface area is 128 Å². The monoisotopic (exact) mass is 302 g/mol. The molecule has 2 N–H and O–H groups in total. The molecule has 1 aliphatic carbocycles. The van der Waals surface area contributed by atoms with Gasteiger partial charge in [0.2, 0.25) is 0 Å². The van der Waals surface area contributed by atoms with Crippen molar-refractivity contribution in [3.05, 3.63) is 46.5 Å². The maximum absolute atomic E-state index is 12.1. The summed E-state index contributed by atoms with van der Waals surface area (Å²) in [5.74, 6) is -0.174. The molecule has 21 heavy (non-hydrogen) atoms. The van der Waals surface area contributed by atoms with Gasteiger partial charge in [-0.3, -0.25) is 9.48 Å². The topological polar surface area (TPSA) is 62.7 Å². The van der Waals surface area contributed by atoms with E-state index in [0.717, 1.165) is 5.69 Å². The van der Waals surface area contributed by atoms with E-state index < -0.39 is 0 Å². The highest BCUT2D eigenvalue weighted by molar-refractivity contribution is 7.71. The van der Waals surface area contributed by atoms with Gasteiger partial charge in [0, 0.05) is 12.4 Å². The summed E-state index contributed by atoms with van der Waals surface area (Å²) in [6.07, 6.45) is 8.68. The minimum atomic E-state index is -0.174. The fourth-order valence-electron chi connectivity index (χ4n) is 2.71. The van der Waals surface area contributed by atoms with E-state index in [-0.39, 0.29) is 5.91 Å². The van der Waals surface area contributed by atoms with E-state index in [4.69, 9.17) is 12.2 Å². The number of aromatic nitrogens is 3. The minimum absolute atomic E-state index is 0.174. The molecule has 110 valence electrons. The number of carbonyl (C=O) groups excluding carboxylic acids is 1. The van der Waals surface area contributed by atoms with Crippen molar-refractivity contribution in [2.24, 2.45) is 0 Å². The van der Waals surface area contributed by atoms with Crippen molar-refractivity contribution < 1.29 is 4.79 Å². The molecule has 0 aliphatic heterocycles. The van der Waals surface area contributed by atoms with Gasteiger partial charge in [0.05, 0.1) is 23.8 Å². The fourth-order valence-corrected chi connectivity index (χ4v) is 2.94. The van der Waals surface area contributed by atoms with Crippen molar-refractivity contribution in [1.82, 2.24) is 20.1 Å². The normalized spacial score (nSPS) is 15.2. The number of aromatic amines is 1. The maximum atomic E-state index is 12.1. The van der Waals surface area contributed by atoms with Gasteiger partial charge >= 0.3 is 0 Å². The van der Waals surface area contributed by atoms with E-state index in [1.807, 2.05) is 16.9 Å². The van der Waals surface area contributed by atoms with Crippen LogP contribution in [-0.2, 0) is 6.54 Å². The lowest BCUT2D eigenvalue weighted by Gasteiger charge is -2.09. The van der Waals surface area contributed by atoms with Crippen LogP contribution in [0.5, 0.6) is 0 Å². The van der Waals surface area contributed by atoms with Crippen LogP contribution in [0.3, 0.4) is 0 Å². The van der Waals surface area contributed by atoms with Crippen LogP contribution in [0, 0.1) is 4.64 Å². The minimum Gasteiger partial charge on any atom is -0.352 e. The molecule has 2 aromatic heterocycles. The van der Waals surface area contributed by atoms with Crippen LogP contribution < -0.4 is 5.32 Å². The van der Waals surface area contributed by atoms with Crippen molar-refractivity contribution >= 4 is 18.1 Å². The van der Waals surface area contributed by atoms with Crippen LogP contribution in [-0.4, -0.2) is 20.7 Å². The van der Waals surface area contributed by atoms with Gasteiger partial charge in [0.25, 0.3) is 5.91 Å². The Bertz CT molecular complexity index is 685. The summed E-state index contributed by atoms with van der Waals surface area (Å²) in [6.45, 7) is 0.419. The lowest BCUT2D eigenvalue weighted by atomic mass is 10.2. The van der Waals surface area contributed by atoms with Gasteiger partial charge in [-0.2, -0.15) is 5.10 Å². The molecule has 0 saturated heterocycles. The first-order valence-corrected chi connectivity index (χ1v) is 7.65. The molecule has 1 saturated carbocycles. The summed E-state index contributed by atoms with van der Waals surface area (Å²) in [7, 11) is 0. The van der Waals surface area contributed by atoms with Crippen LogP contribution >= 0.6 is 12.2 Å². The predicted molar refractivity (Wildman–Crippen MR) is 82.5 cm³/mol. The zero-order valence-corrected chi connectivity index (χ0v) is 12.5. The predicted octanol–water partition coefficient (Wildman–Crippen LogP) is 2.99. The molecule has 6 heteroatoms. The smallest absolute Gasteiger partial charge is 0.254 e. The molecule has 0 atom stereocenters. The third-order valence-electron chi connectivity index (χ3n) is 3.86. The van der Waals surface area contributed by atoms with Gasteiger partial charge in [-0.05, 0) is 31.0 Å². The molecular formula is C15H18N4OS. The highest BCUT2D eigenvalue weighted by Gasteiger charge is 2.17. The van der Waals surface area contributed by atoms with Gasteiger partial charge in [-0.25, -0.2) is 0 Å². The lowest BCUT2D eigenvalue weighted by molar-refractivity contribution is 0.0949. The second-order valence-electron chi connectivity index (χ2n) is 5.32. The molecule has 1 aliphatic rings. The third-order valence-corrected chi connectivity index (χ3v) is 4.19. The molecule has 2 heterocycles. The lowest BCUT2D eigenvalue weighted by Crippen LogP contribution is -2.23. The van der Waals surface area contributed by atoms with Crippen molar-refractivity contribution in [3.8, 4) is 0 Å². The van der Waals surface area contributed by atoms with Crippen LogP contribution in [0.1, 0.15) is 47.8 Å². The Balaban J connectivity index is 1.61. The number of H-pyrrole nitrogens is 1. The first-order valence-electron chi connectivity index (χ1n) is 7.24. The number of hydrogen-bond donors (Lipinski definition) is 2. The molecule has 0 bridgehead atoms. The second kappa shape index (κ2) is 6.22. The number of pyridine rings is 1. The summed E-state index contributed by atoms with van der Waals surface area (Å²) < 4.78 is 2.48. The van der Waals surface area contributed by atoms with Crippen molar-refractivity contribution in [2.45, 2.75) is 38.3 Å². The number of nitrogens with zero attached hydrogens (tertiary/aromatic N) is 2. The Hall–Kier alpha value is -1.95. The summed E-state index contributed by atoms with van der Waals surface area (Å²) in [5.41, 5.74) is 1.36. The molecular weight excluding hydrogens is 284 g/mol. The molecule has 5 nitrogen and oxygen atoms in total. The highest BCUT2D eigenvalue weighted by atomic mass is 32.1. The molecule has 0 radical (unpaired) electrons. The number of nitrogens with one attached hydrogen (secondary N) is 2. The number of carbonyl (C=O) groups is 1. The summed E-state index contributed by atoms with van der Waals surface area (Å²) >= 11 is 5.10. The van der Waals surface area contributed by atoms with Crippen LogP contribution in [0.15, 0.2) is 30.6 Å². The number of rotatable bonds is 4. The third kappa shape index (κ3) is 3.21. The SMILES string of the molecule is O=C(NCc1ccn(C2CCCC2)n1)c1ccc[nH]c1=S. The van der Waals surface area contributed by atoms with Gasteiger partial charge in [0.15, 0.2) is 0 Å². The number of hydrogen-bond acceptors (Lipinski definition) is 3. The van der Waals surface area contributed by atoms with Crippen molar-refractivity contribution in [3.63, 3.8) is 0 Å². The van der Waals surface area contributed by atoms with E-state index >= 15 is 0 Å². The quantitative estimate of drug-likeness (QED) is 0.853. The van der Waals surface area contributed by atoms with Crippen LogP contribution in [0.25, 0.3) is 0 Å². The Morgan fingerprint density at radius 3 is 3.00 bits per heavy atom. The van der Waals surface area contributed by atoms with E-state index in [1.165, 1.54) is 25.7 Å². The number of amides is 1. The van der Waals surface area contributed by atoms with Crippen molar-refractivity contribution in [2.75, 3.05) is 0 Å². The summed E-state index contributed by atoms with van der Waals surface area (Å²) in [5, 5.41) is 7.41. The van der Waals surface area contributed by atoms with Gasteiger partial charge < -0.3 is 10.3 Å². The highest BCUT2D eigenvalue weighted by Crippen LogP contribution is 2.28. The Kier molecular flexibility index (Phi) is 4.15. The Morgan fingerprint density at radius 1 is 1.43 bits per heavy atom. The van der Waals surface area contributed by atoms with E-state index in [0.29, 0.717) is 22.8 Å². The first kappa shape index (κ1) is 14.0. The molecule has 3 rings (SSSR count). The van der Waals surface area contributed by atoms with Gasteiger partial charge in [0.1, 0.15) is 4.64 Å². The average molecular weight is 302 g/mol. The van der Waals surface area contributed by atoms with E-state index in [2.05, 4.69) is 15.4 Å². The van der Waals surface area contributed by atoms with Crippen LogP contribution in [0.4, 0.5) is 0 Å². The maximum Gasteiger partial charge on any atom is 0.254 e. The van der Waals surface area contributed by atoms with E-state index in [1.54, 1.807) is 18.3 Å². The zero-order chi connectivity index (χ0) is 14.7. The summed E-state index contributed by atoms with van der Waals surface area (Å²) in [6, 6.07) is 5.97. The van der Waals surface area contributed by atoms with Gasteiger partial charge in [-0.15, -0.1) is 0 Å². The molecule has 0 spiro atoms. The second-order valence-corrected chi connectivity index (χ2v) is 5.73. The Morgan fingerprint density at radius 2 is 2.24 bits per heavy atom. The van der Waals surface area contributed by atoms with E-state index in [9.17, 15) is 4.79 Å². The average Bonchev–Trinajstić information content (AvgIpc) is 3.16. The largest absolute Gasteiger partial charge is 0.352 e. The summed E-state index contributed by atoms with van der Waals surface area (Å²) in [4.78, 5) is 14.9. The first-order chi connectivity index (χ1) is 10.2. The van der Waals surface area contributed by atoms with Crippen LogP contribution in [0.2, 0.25) is 0 Å². The van der Waals surface area contributed by atoms with Crippen molar-refractivity contribution in [1.29, 1.82) is 0 Å². The molecule has 1 fully saturated rings. The standard InChI is InChI=1S/C15H18N4OS/c20-14(13-6-3-8-16-15(13)21)17-10-11-7-9-19(18-11)12-4-1-2-5-12/h3,6-9,12H,1-2,4-5,10H2,(H,16,21)(H,17,20). The molecule has 0 aromatic carbocycles. The van der Waals surface area contributed by atoms with Gasteiger partial charge in [-0.1, -0.05) is 25.1 Å². The molecule has 1 amide bonds.